The van der Waals surface area contributed by atoms with Gasteiger partial charge in [0, 0.05) is 5.92 Å². The van der Waals surface area contributed by atoms with Gasteiger partial charge in [0.15, 0.2) is 0 Å². The highest BCUT2D eigenvalue weighted by Crippen LogP contribution is 2.62. The molecule has 0 amide bonds. The van der Waals surface area contributed by atoms with E-state index in [0.717, 1.165) is 30.9 Å². The number of carbonyl (C=O) groups is 1. The van der Waals surface area contributed by atoms with E-state index < -0.39 is 0 Å². The Balaban J connectivity index is 1.80. The van der Waals surface area contributed by atoms with Crippen molar-refractivity contribution in [2.45, 2.75) is 51.0 Å². The molecular formula is C14H20O3. The molecule has 94 valence electrons. The van der Waals surface area contributed by atoms with Gasteiger partial charge < -0.3 is 9.84 Å². The lowest BCUT2D eigenvalue weighted by Crippen LogP contribution is -2.39. The van der Waals surface area contributed by atoms with Crippen molar-refractivity contribution < 1.29 is 14.6 Å². The van der Waals surface area contributed by atoms with Crippen molar-refractivity contribution in [3.05, 3.63) is 11.8 Å². The van der Waals surface area contributed by atoms with E-state index in [2.05, 4.69) is 0 Å². The zero-order chi connectivity index (χ0) is 12.0. The number of hydrogen-bond donors (Lipinski definition) is 1. The van der Waals surface area contributed by atoms with Crippen molar-refractivity contribution in [2.75, 3.05) is 0 Å². The molecule has 3 rings (SSSR count). The number of hydrogen-bond acceptors (Lipinski definition) is 3. The minimum Gasteiger partial charge on any atom is -0.515 e. The van der Waals surface area contributed by atoms with Crippen LogP contribution in [-0.2, 0) is 9.53 Å². The smallest absolute Gasteiger partial charge is 0.337 e. The Morgan fingerprint density at radius 1 is 1.41 bits per heavy atom. The van der Waals surface area contributed by atoms with Crippen LogP contribution in [0, 0.1) is 17.8 Å². The summed E-state index contributed by atoms with van der Waals surface area (Å²) in [4.78, 5) is 11.9. The summed E-state index contributed by atoms with van der Waals surface area (Å²) in [5.74, 6) is 1.85. The Hall–Kier alpha value is -0.990. The second-order valence-corrected chi connectivity index (χ2v) is 5.97. The van der Waals surface area contributed by atoms with E-state index in [4.69, 9.17) is 9.84 Å². The van der Waals surface area contributed by atoms with Gasteiger partial charge in [-0.15, -0.1) is 0 Å². The summed E-state index contributed by atoms with van der Waals surface area (Å²) in [7, 11) is 0. The molecule has 0 aromatic rings. The number of fused-ring (bicyclic) bond motifs is 5. The van der Waals surface area contributed by atoms with E-state index in [-0.39, 0.29) is 11.6 Å². The molecule has 3 saturated carbocycles. The van der Waals surface area contributed by atoms with E-state index >= 15 is 0 Å². The Bertz CT molecular complexity index is 374. The second kappa shape index (κ2) is 3.76. The Morgan fingerprint density at radius 3 is 3.00 bits per heavy atom. The number of esters is 1. The van der Waals surface area contributed by atoms with Gasteiger partial charge in [-0.25, -0.2) is 4.79 Å². The van der Waals surface area contributed by atoms with Crippen LogP contribution in [0.15, 0.2) is 11.8 Å². The first-order valence-electron chi connectivity index (χ1n) is 6.70. The summed E-state index contributed by atoms with van der Waals surface area (Å²) in [5, 5.41) is 8.87. The van der Waals surface area contributed by atoms with Crippen molar-refractivity contribution in [3.63, 3.8) is 0 Å². The maximum atomic E-state index is 11.9. The van der Waals surface area contributed by atoms with Crippen LogP contribution in [0.5, 0.6) is 0 Å². The Kier molecular flexibility index (Phi) is 2.46. The number of aliphatic hydroxyl groups is 1. The number of aliphatic hydroxyl groups excluding tert-OH is 1. The molecule has 2 bridgehead atoms. The van der Waals surface area contributed by atoms with Crippen LogP contribution in [-0.4, -0.2) is 16.7 Å². The van der Waals surface area contributed by atoms with Crippen molar-refractivity contribution in [1.82, 2.24) is 0 Å². The zero-order valence-corrected chi connectivity index (χ0v) is 10.3. The standard InChI is InChI=1S/C14H20O3/c1-9(8-15)13(16)17-14-6-5-10(7-14)11-3-2-4-12(11)14/h8,10-12,15H,2-7H2,1H3. The van der Waals surface area contributed by atoms with Gasteiger partial charge in [-0.3, -0.25) is 0 Å². The molecule has 17 heavy (non-hydrogen) atoms. The van der Waals surface area contributed by atoms with Crippen LogP contribution in [0.2, 0.25) is 0 Å². The minimum atomic E-state index is -0.333. The van der Waals surface area contributed by atoms with Gasteiger partial charge in [0.05, 0.1) is 11.8 Å². The quantitative estimate of drug-likeness (QED) is 0.455. The third-order valence-corrected chi connectivity index (χ3v) is 5.21. The molecule has 0 saturated heterocycles. The van der Waals surface area contributed by atoms with Gasteiger partial charge in [-0.2, -0.15) is 0 Å². The van der Waals surface area contributed by atoms with Crippen molar-refractivity contribution in [3.8, 4) is 0 Å². The van der Waals surface area contributed by atoms with Crippen molar-refractivity contribution >= 4 is 5.97 Å². The van der Waals surface area contributed by atoms with E-state index in [1.54, 1.807) is 6.92 Å². The molecule has 0 aliphatic heterocycles. The molecule has 0 spiro atoms. The van der Waals surface area contributed by atoms with Crippen LogP contribution in [0.25, 0.3) is 0 Å². The normalized spacial score (nSPS) is 43.8. The van der Waals surface area contributed by atoms with E-state index in [1.807, 2.05) is 0 Å². The van der Waals surface area contributed by atoms with Crippen molar-refractivity contribution in [1.29, 1.82) is 0 Å². The fourth-order valence-corrected chi connectivity index (χ4v) is 4.47. The lowest BCUT2D eigenvalue weighted by molar-refractivity contribution is -0.159. The SMILES string of the molecule is CC(=CO)C(=O)OC12CCC(C1)C1CCCC12. The van der Waals surface area contributed by atoms with Crippen LogP contribution < -0.4 is 0 Å². The first-order valence-corrected chi connectivity index (χ1v) is 6.70. The predicted octanol–water partition coefficient (Wildman–Crippen LogP) is 2.96. The number of ether oxygens (including phenoxy) is 1. The predicted molar refractivity (Wildman–Crippen MR) is 63.4 cm³/mol. The topological polar surface area (TPSA) is 46.5 Å². The lowest BCUT2D eigenvalue weighted by Gasteiger charge is -2.35. The highest BCUT2D eigenvalue weighted by atomic mass is 16.6. The molecule has 3 aliphatic rings. The fraction of sp³-hybridized carbons (Fsp3) is 0.786. The van der Waals surface area contributed by atoms with Gasteiger partial charge in [-0.05, 0) is 50.9 Å². The molecular weight excluding hydrogens is 216 g/mol. The first-order chi connectivity index (χ1) is 8.16. The summed E-state index contributed by atoms with van der Waals surface area (Å²) in [6, 6.07) is 0. The molecule has 0 heterocycles. The van der Waals surface area contributed by atoms with Gasteiger partial charge in [0.2, 0.25) is 0 Å². The summed E-state index contributed by atoms with van der Waals surface area (Å²) >= 11 is 0. The van der Waals surface area contributed by atoms with Gasteiger partial charge in [-0.1, -0.05) is 6.42 Å². The van der Waals surface area contributed by atoms with E-state index in [0.29, 0.717) is 11.5 Å². The maximum Gasteiger partial charge on any atom is 0.337 e. The van der Waals surface area contributed by atoms with Crippen LogP contribution in [0.1, 0.15) is 45.4 Å². The van der Waals surface area contributed by atoms with Crippen LogP contribution in [0.4, 0.5) is 0 Å². The molecule has 0 aromatic heterocycles. The second-order valence-electron chi connectivity index (χ2n) is 5.97. The Morgan fingerprint density at radius 2 is 2.24 bits per heavy atom. The third-order valence-electron chi connectivity index (χ3n) is 5.21. The third kappa shape index (κ3) is 1.51. The summed E-state index contributed by atoms with van der Waals surface area (Å²) in [6.07, 6.45) is 8.00. The molecule has 3 nitrogen and oxygen atoms in total. The monoisotopic (exact) mass is 236 g/mol. The molecule has 1 N–H and O–H groups in total. The van der Waals surface area contributed by atoms with Gasteiger partial charge >= 0.3 is 5.97 Å². The number of rotatable bonds is 2. The van der Waals surface area contributed by atoms with Crippen LogP contribution >= 0.6 is 0 Å². The fourth-order valence-electron chi connectivity index (χ4n) is 4.47. The molecule has 3 aliphatic carbocycles. The summed E-state index contributed by atoms with van der Waals surface area (Å²) in [6.45, 7) is 1.60. The van der Waals surface area contributed by atoms with E-state index in [9.17, 15) is 4.79 Å². The molecule has 4 unspecified atom stereocenters. The molecule has 0 aromatic carbocycles. The zero-order valence-electron chi connectivity index (χ0n) is 10.3. The average Bonchev–Trinajstić information content (AvgIpc) is 2.98. The maximum absolute atomic E-state index is 11.9. The molecule has 3 heteroatoms. The number of carbonyl (C=O) groups excluding carboxylic acids is 1. The van der Waals surface area contributed by atoms with Gasteiger partial charge in [0.1, 0.15) is 5.60 Å². The Labute approximate surface area is 102 Å². The largest absolute Gasteiger partial charge is 0.515 e. The molecule has 4 atom stereocenters. The molecule has 0 radical (unpaired) electrons. The van der Waals surface area contributed by atoms with Crippen molar-refractivity contribution in [2.24, 2.45) is 17.8 Å². The first kappa shape index (κ1) is 11.1. The van der Waals surface area contributed by atoms with E-state index in [1.165, 1.54) is 25.7 Å². The highest BCUT2D eigenvalue weighted by molar-refractivity contribution is 5.87. The summed E-state index contributed by atoms with van der Waals surface area (Å²) < 4.78 is 5.79. The minimum absolute atomic E-state index is 0.187. The highest BCUT2D eigenvalue weighted by Gasteiger charge is 2.61. The van der Waals surface area contributed by atoms with Gasteiger partial charge in [0.25, 0.3) is 0 Å². The van der Waals surface area contributed by atoms with Crippen LogP contribution in [0.3, 0.4) is 0 Å². The average molecular weight is 236 g/mol. The lowest BCUT2D eigenvalue weighted by atomic mass is 9.79. The summed E-state index contributed by atoms with van der Waals surface area (Å²) in [5.41, 5.74) is 0.122. The molecule has 3 fully saturated rings.